The molecule has 0 aliphatic heterocycles. The molecular weight excluding hydrogens is 236 g/mol. The maximum absolute atomic E-state index is 6.37. The van der Waals surface area contributed by atoms with E-state index in [0.717, 1.165) is 18.6 Å². The number of likely N-dealkylation sites (N-methyl/N-ethyl adjacent to an activating group) is 1. The van der Waals surface area contributed by atoms with E-state index in [0.29, 0.717) is 6.04 Å². The van der Waals surface area contributed by atoms with Gasteiger partial charge in [0, 0.05) is 17.6 Å². The summed E-state index contributed by atoms with van der Waals surface area (Å²) in [6.07, 6.45) is 2.06. The summed E-state index contributed by atoms with van der Waals surface area (Å²) in [6, 6.07) is 8.98. The minimum absolute atomic E-state index is 0.107. The Labute approximate surface area is 117 Å². The number of hydrogen-bond acceptors (Lipinski definition) is 3. The molecule has 0 aliphatic carbocycles. The van der Waals surface area contributed by atoms with Crippen LogP contribution in [0, 0.1) is 0 Å². The summed E-state index contributed by atoms with van der Waals surface area (Å²) in [5.74, 6) is 0.923. The number of benzene rings is 1. The van der Waals surface area contributed by atoms with E-state index in [-0.39, 0.29) is 12.1 Å². The Morgan fingerprint density at radius 3 is 2.37 bits per heavy atom. The van der Waals surface area contributed by atoms with Crippen molar-refractivity contribution in [3.63, 3.8) is 0 Å². The quantitative estimate of drug-likeness (QED) is 0.822. The second-order valence-corrected chi connectivity index (χ2v) is 5.18. The molecule has 0 spiro atoms. The van der Waals surface area contributed by atoms with Crippen LogP contribution in [0.1, 0.15) is 45.2 Å². The zero-order valence-electron chi connectivity index (χ0n) is 12.9. The van der Waals surface area contributed by atoms with Gasteiger partial charge < -0.3 is 10.5 Å². The number of nitrogens with zero attached hydrogens (tertiary/aromatic N) is 1. The van der Waals surface area contributed by atoms with Crippen LogP contribution in [0.15, 0.2) is 24.3 Å². The molecule has 3 nitrogen and oxygen atoms in total. The molecule has 1 rings (SSSR count). The van der Waals surface area contributed by atoms with E-state index in [1.165, 1.54) is 5.56 Å². The van der Waals surface area contributed by atoms with E-state index in [1.807, 2.05) is 12.1 Å². The lowest BCUT2D eigenvalue weighted by atomic mass is 9.94. The van der Waals surface area contributed by atoms with Gasteiger partial charge in [-0.05, 0) is 32.9 Å². The normalized spacial score (nSPS) is 16.2. The summed E-state index contributed by atoms with van der Waals surface area (Å²) in [5, 5.41) is 0. The molecule has 0 heterocycles. The van der Waals surface area contributed by atoms with Gasteiger partial charge in [-0.2, -0.15) is 0 Å². The molecule has 108 valence electrons. The Bertz CT molecular complexity index is 381. The van der Waals surface area contributed by atoms with Gasteiger partial charge in [0.1, 0.15) is 5.75 Å². The maximum Gasteiger partial charge on any atom is 0.123 e. The molecule has 0 bridgehead atoms. The Hall–Kier alpha value is -1.06. The third kappa shape index (κ3) is 3.71. The van der Waals surface area contributed by atoms with Gasteiger partial charge in [-0.1, -0.05) is 32.0 Å². The van der Waals surface area contributed by atoms with Crippen LogP contribution in [0.25, 0.3) is 0 Å². The molecule has 1 aromatic rings. The van der Waals surface area contributed by atoms with Gasteiger partial charge in [-0.25, -0.2) is 0 Å². The van der Waals surface area contributed by atoms with E-state index in [4.69, 9.17) is 10.5 Å². The molecule has 2 N–H and O–H groups in total. The molecule has 0 amide bonds. The summed E-state index contributed by atoms with van der Waals surface area (Å²) in [4.78, 5) is 2.37. The molecule has 0 saturated heterocycles. The van der Waals surface area contributed by atoms with Gasteiger partial charge in [0.2, 0.25) is 0 Å². The first-order valence-corrected chi connectivity index (χ1v) is 7.17. The lowest BCUT2D eigenvalue weighted by molar-refractivity contribution is 0.152. The molecule has 3 heteroatoms. The highest BCUT2D eigenvalue weighted by Gasteiger charge is 2.27. The molecule has 0 fully saturated rings. The van der Waals surface area contributed by atoms with Crippen LogP contribution in [0.2, 0.25) is 0 Å². The van der Waals surface area contributed by atoms with Gasteiger partial charge in [0.15, 0.2) is 0 Å². The van der Waals surface area contributed by atoms with Crippen LogP contribution in [-0.2, 0) is 0 Å². The van der Waals surface area contributed by atoms with E-state index in [2.05, 4.69) is 44.9 Å². The van der Waals surface area contributed by atoms with E-state index in [9.17, 15) is 0 Å². The fourth-order valence-electron chi connectivity index (χ4n) is 2.45. The van der Waals surface area contributed by atoms with Crippen molar-refractivity contribution in [2.75, 3.05) is 14.2 Å². The van der Waals surface area contributed by atoms with Crippen molar-refractivity contribution >= 4 is 0 Å². The number of ether oxygens (including phenoxy) is 1. The predicted octanol–water partition coefficient (Wildman–Crippen LogP) is 3.20. The first-order chi connectivity index (χ1) is 9.06. The maximum atomic E-state index is 6.37. The van der Waals surface area contributed by atoms with Crippen molar-refractivity contribution in [3.05, 3.63) is 29.8 Å². The number of hydrogen-bond donors (Lipinski definition) is 1. The average molecular weight is 264 g/mol. The Morgan fingerprint density at radius 2 is 1.84 bits per heavy atom. The fourth-order valence-corrected chi connectivity index (χ4v) is 2.45. The third-order valence-electron chi connectivity index (χ3n) is 4.06. The summed E-state index contributed by atoms with van der Waals surface area (Å²) < 4.78 is 5.50. The highest BCUT2D eigenvalue weighted by molar-refractivity contribution is 5.36. The van der Waals surface area contributed by atoms with Crippen LogP contribution in [0.4, 0.5) is 0 Å². The zero-order valence-corrected chi connectivity index (χ0v) is 12.9. The molecular formula is C16H28N2O. The van der Waals surface area contributed by atoms with Crippen molar-refractivity contribution in [1.82, 2.24) is 4.90 Å². The van der Waals surface area contributed by atoms with Crippen LogP contribution >= 0.6 is 0 Å². The largest absolute Gasteiger partial charge is 0.496 e. The number of para-hydroxylation sites is 1. The lowest BCUT2D eigenvalue weighted by Crippen LogP contribution is -2.42. The Balaban J connectivity index is 3.16. The molecule has 3 atom stereocenters. The standard InChI is InChI=1S/C16H28N2O/c1-6-12(3)18(4)16(14(17)7-2)13-10-8-9-11-15(13)19-5/h8-12,14,16H,6-7,17H2,1-5H3. The molecule has 19 heavy (non-hydrogen) atoms. The predicted molar refractivity (Wildman–Crippen MR) is 81.5 cm³/mol. The van der Waals surface area contributed by atoms with Crippen molar-refractivity contribution in [2.45, 2.75) is 51.7 Å². The molecule has 3 unspecified atom stereocenters. The monoisotopic (exact) mass is 264 g/mol. The van der Waals surface area contributed by atoms with E-state index < -0.39 is 0 Å². The van der Waals surface area contributed by atoms with Crippen LogP contribution < -0.4 is 10.5 Å². The van der Waals surface area contributed by atoms with Crippen molar-refractivity contribution in [1.29, 1.82) is 0 Å². The van der Waals surface area contributed by atoms with Crippen LogP contribution in [-0.4, -0.2) is 31.1 Å². The summed E-state index contributed by atoms with van der Waals surface area (Å²) in [7, 11) is 3.87. The van der Waals surface area contributed by atoms with Crippen molar-refractivity contribution in [2.24, 2.45) is 5.73 Å². The minimum Gasteiger partial charge on any atom is -0.496 e. The smallest absolute Gasteiger partial charge is 0.123 e. The molecule has 0 saturated carbocycles. The first-order valence-electron chi connectivity index (χ1n) is 7.17. The van der Waals surface area contributed by atoms with Gasteiger partial charge in [0.05, 0.1) is 13.2 Å². The topological polar surface area (TPSA) is 38.5 Å². The average Bonchev–Trinajstić information content (AvgIpc) is 2.46. The highest BCUT2D eigenvalue weighted by atomic mass is 16.5. The van der Waals surface area contributed by atoms with E-state index in [1.54, 1.807) is 7.11 Å². The third-order valence-corrected chi connectivity index (χ3v) is 4.06. The number of nitrogens with two attached hydrogens (primary N) is 1. The first kappa shape index (κ1) is 16.0. The van der Waals surface area contributed by atoms with Gasteiger partial charge in [-0.3, -0.25) is 4.90 Å². The second-order valence-electron chi connectivity index (χ2n) is 5.18. The molecule has 0 aliphatic rings. The summed E-state index contributed by atoms with van der Waals surface area (Å²) in [6.45, 7) is 6.58. The van der Waals surface area contributed by atoms with Crippen molar-refractivity contribution < 1.29 is 4.74 Å². The lowest BCUT2D eigenvalue weighted by Gasteiger charge is -2.37. The van der Waals surface area contributed by atoms with Crippen LogP contribution in [0.3, 0.4) is 0 Å². The molecule has 0 aromatic heterocycles. The SMILES string of the molecule is CCC(N)C(c1ccccc1OC)N(C)C(C)CC. The van der Waals surface area contributed by atoms with Crippen molar-refractivity contribution in [3.8, 4) is 5.75 Å². The number of rotatable bonds is 7. The second kappa shape index (κ2) is 7.51. The molecule has 0 radical (unpaired) electrons. The number of methoxy groups -OCH3 is 1. The van der Waals surface area contributed by atoms with Gasteiger partial charge in [0.25, 0.3) is 0 Å². The van der Waals surface area contributed by atoms with Gasteiger partial charge >= 0.3 is 0 Å². The highest BCUT2D eigenvalue weighted by Crippen LogP contribution is 2.32. The van der Waals surface area contributed by atoms with E-state index >= 15 is 0 Å². The zero-order chi connectivity index (χ0) is 14.4. The summed E-state index contributed by atoms with van der Waals surface area (Å²) in [5.41, 5.74) is 7.55. The Morgan fingerprint density at radius 1 is 1.21 bits per heavy atom. The minimum atomic E-state index is 0.107. The van der Waals surface area contributed by atoms with Gasteiger partial charge in [-0.15, -0.1) is 0 Å². The fraction of sp³-hybridized carbons (Fsp3) is 0.625. The van der Waals surface area contributed by atoms with Crippen LogP contribution in [0.5, 0.6) is 5.75 Å². The Kier molecular flexibility index (Phi) is 6.32. The summed E-state index contributed by atoms with van der Waals surface area (Å²) >= 11 is 0. The molecule has 1 aromatic carbocycles.